The smallest absolute Gasteiger partial charge is 0.148 e. The Morgan fingerprint density at radius 3 is 2.61 bits per heavy atom. The van der Waals surface area contributed by atoms with Crippen molar-refractivity contribution in [3.05, 3.63) is 23.9 Å². The highest BCUT2D eigenvalue weighted by molar-refractivity contribution is 5.59. The fourth-order valence-electron chi connectivity index (χ4n) is 4.18. The first kappa shape index (κ1) is 14.6. The monoisotopic (exact) mass is 312 g/mol. The van der Waals surface area contributed by atoms with E-state index >= 15 is 0 Å². The van der Waals surface area contributed by atoms with Gasteiger partial charge in [0.05, 0.1) is 11.9 Å². The largest absolute Gasteiger partial charge is 0.368 e. The van der Waals surface area contributed by atoms with E-state index in [1.807, 2.05) is 37.0 Å². The third-order valence-electron chi connectivity index (χ3n) is 5.35. The predicted octanol–water partition coefficient (Wildman–Crippen LogP) is 1.84. The molecule has 1 unspecified atom stereocenters. The van der Waals surface area contributed by atoms with Crippen LogP contribution < -0.4 is 10.6 Å². The van der Waals surface area contributed by atoms with Crippen LogP contribution in [0.3, 0.4) is 0 Å². The van der Waals surface area contributed by atoms with Gasteiger partial charge in [0.15, 0.2) is 0 Å². The van der Waals surface area contributed by atoms with Crippen LogP contribution in [0.4, 0.5) is 5.82 Å². The Hall–Kier alpha value is -1.95. The molecule has 23 heavy (non-hydrogen) atoms. The molecule has 6 nitrogen and oxygen atoms in total. The first-order valence-corrected chi connectivity index (χ1v) is 8.48. The van der Waals surface area contributed by atoms with Crippen molar-refractivity contribution >= 4 is 5.82 Å². The lowest BCUT2D eigenvalue weighted by Gasteiger charge is -2.13. The average molecular weight is 312 g/mol. The quantitative estimate of drug-likeness (QED) is 0.902. The molecule has 1 saturated carbocycles. The number of aryl methyl sites for hydroxylation is 2. The molecule has 0 amide bonds. The zero-order valence-corrected chi connectivity index (χ0v) is 13.8. The molecule has 4 rings (SSSR count). The zero-order chi connectivity index (χ0) is 15.8. The van der Waals surface area contributed by atoms with Gasteiger partial charge in [-0.05, 0) is 68.3 Å². The van der Waals surface area contributed by atoms with Gasteiger partial charge in [-0.15, -0.1) is 10.2 Å². The van der Waals surface area contributed by atoms with Crippen molar-refractivity contribution < 1.29 is 0 Å². The SMILES string of the molecule is Cc1cnn(C)c1-c1ccc(NC[C@@H]2CC3CNC[C@H]3C2)nn1. The van der Waals surface area contributed by atoms with Gasteiger partial charge < -0.3 is 10.6 Å². The molecule has 3 atom stereocenters. The molecule has 122 valence electrons. The summed E-state index contributed by atoms with van der Waals surface area (Å²) in [4.78, 5) is 0. The van der Waals surface area contributed by atoms with Crippen LogP contribution in [-0.4, -0.2) is 39.6 Å². The number of hydrogen-bond acceptors (Lipinski definition) is 5. The summed E-state index contributed by atoms with van der Waals surface area (Å²) in [6, 6.07) is 4.04. The molecule has 1 saturated heterocycles. The third kappa shape index (κ3) is 2.83. The summed E-state index contributed by atoms with van der Waals surface area (Å²) in [5, 5.41) is 19.9. The molecule has 6 heteroatoms. The van der Waals surface area contributed by atoms with E-state index < -0.39 is 0 Å². The van der Waals surface area contributed by atoms with Gasteiger partial charge in [-0.2, -0.15) is 5.10 Å². The second-order valence-corrected chi connectivity index (χ2v) is 7.00. The fraction of sp³-hybridized carbons (Fsp3) is 0.588. The lowest BCUT2D eigenvalue weighted by molar-refractivity contribution is 0.494. The third-order valence-corrected chi connectivity index (χ3v) is 5.35. The van der Waals surface area contributed by atoms with Gasteiger partial charge in [0.2, 0.25) is 0 Å². The minimum Gasteiger partial charge on any atom is -0.368 e. The summed E-state index contributed by atoms with van der Waals surface area (Å²) in [6.45, 7) is 5.47. The zero-order valence-electron chi connectivity index (χ0n) is 13.8. The normalized spacial score (nSPS) is 26.4. The molecule has 2 aromatic rings. The van der Waals surface area contributed by atoms with Gasteiger partial charge in [0.25, 0.3) is 0 Å². The number of fused-ring (bicyclic) bond motifs is 1. The van der Waals surface area contributed by atoms with Crippen molar-refractivity contribution in [3.8, 4) is 11.4 Å². The van der Waals surface area contributed by atoms with Crippen molar-refractivity contribution in [2.75, 3.05) is 25.0 Å². The van der Waals surface area contributed by atoms with E-state index in [2.05, 4.69) is 25.9 Å². The summed E-state index contributed by atoms with van der Waals surface area (Å²) in [5.41, 5.74) is 3.02. The maximum Gasteiger partial charge on any atom is 0.148 e. The van der Waals surface area contributed by atoms with E-state index in [9.17, 15) is 0 Å². The van der Waals surface area contributed by atoms with Crippen LogP contribution in [0, 0.1) is 24.7 Å². The van der Waals surface area contributed by atoms with Gasteiger partial charge >= 0.3 is 0 Å². The van der Waals surface area contributed by atoms with Crippen molar-refractivity contribution in [2.45, 2.75) is 19.8 Å². The van der Waals surface area contributed by atoms with E-state index in [4.69, 9.17) is 0 Å². The number of hydrogen-bond donors (Lipinski definition) is 2. The van der Waals surface area contributed by atoms with Gasteiger partial charge in [-0.3, -0.25) is 4.68 Å². The molecule has 0 spiro atoms. The van der Waals surface area contributed by atoms with E-state index in [0.717, 1.165) is 47.1 Å². The van der Waals surface area contributed by atoms with E-state index in [1.165, 1.54) is 25.9 Å². The van der Waals surface area contributed by atoms with Crippen LogP contribution in [0.5, 0.6) is 0 Å². The van der Waals surface area contributed by atoms with Gasteiger partial charge in [0, 0.05) is 13.6 Å². The highest BCUT2D eigenvalue weighted by Crippen LogP contribution is 2.38. The molecule has 0 radical (unpaired) electrons. The highest BCUT2D eigenvalue weighted by Gasteiger charge is 2.36. The Kier molecular flexibility index (Phi) is 3.77. The molecule has 0 bridgehead atoms. The minimum atomic E-state index is 0.771. The van der Waals surface area contributed by atoms with Crippen molar-refractivity contribution in [1.29, 1.82) is 0 Å². The molecule has 2 fully saturated rings. The van der Waals surface area contributed by atoms with Crippen LogP contribution in [0.1, 0.15) is 18.4 Å². The standard InChI is InChI=1S/C17H24N6/c1-11-7-20-23(2)17(11)15-3-4-16(22-21-15)19-8-12-5-13-9-18-10-14(13)6-12/h3-4,7,12-14,18H,5-6,8-10H2,1-2H3,(H,19,22)/t12-,13+,14?/m0/s1. The Morgan fingerprint density at radius 2 is 2.00 bits per heavy atom. The summed E-state index contributed by atoms with van der Waals surface area (Å²) in [7, 11) is 1.93. The Labute approximate surface area is 136 Å². The molecule has 2 aliphatic rings. The fourth-order valence-corrected chi connectivity index (χ4v) is 4.18. The maximum atomic E-state index is 4.36. The number of aromatic nitrogens is 4. The molecular weight excluding hydrogens is 288 g/mol. The van der Waals surface area contributed by atoms with Crippen LogP contribution in [0.15, 0.2) is 18.3 Å². The van der Waals surface area contributed by atoms with Crippen molar-refractivity contribution in [2.24, 2.45) is 24.8 Å². The Morgan fingerprint density at radius 1 is 1.22 bits per heavy atom. The van der Waals surface area contributed by atoms with Crippen LogP contribution in [0.25, 0.3) is 11.4 Å². The first-order chi connectivity index (χ1) is 11.2. The second kappa shape index (κ2) is 5.92. The van der Waals surface area contributed by atoms with E-state index in [0.29, 0.717) is 0 Å². The van der Waals surface area contributed by atoms with Crippen LogP contribution >= 0.6 is 0 Å². The van der Waals surface area contributed by atoms with Gasteiger partial charge in [0.1, 0.15) is 11.5 Å². The highest BCUT2D eigenvalue weighted by atomic mass is 15.3. The summed E-state index contributed by atoms with van der Waals surface area (Å²) < 4.78 is 1.85. The Balaban J connectivity index is 1.37. The molecule has 2 N–H and O–H groups in total. The summed E-state index contributed by atoms with van der Waals surface area (Å²) >= 11 is 0. The number of anilines is 1. The van der Waals surface area contributed by atoms with Crippen LogP contribution in [0.2, 0.25) is 0 Å². The number of nitrogens with zero attached hydrogens (tertiary/aromatic N) is 4. The van der Waals surface area contributed by atoms with Gasteiger partial charge in [-0.25, -0.2) is 0 Å². The summed E-state index contributed by atoms with van der Waals surface area (Å²) in [6.07, 6.45) is 4.53. The molecule has 3 heterocycles. The maximum absolute atomic E-state index is 4.36. The number of rotatable bonds is 4. The predicted molar refractivity (Wildman–Crippen MR) is 90.0 cm³/mol. The molecule has 1 aliphatic heterocycles. The Bertz CT molecular complexity index is 645. The van der Waals surface area contributed by atoms with Crippen molar-refractivity contribution in [3.63, 3.8) is 0 Å². The minimum absolute atomic E-state index is 0.771. The van der Waals surface area contributed by atoms with Crippen molar-refractivity contribution in [1.82, 2.24) is 25.3 Å². The molecular formula is C17H24N6. The molecule has 0 aromatic carbocycles. The second-order valence-electron chi connectivity index (χ2n) is 7.00. The van der Waals surface area contributed by atoms with Gasteiger partial charge in [-0.1, -0.05) is 0 Å². The van der Waals surface area contributed by atoms with E-state index in [-0.39, 0.29) is 0 Å². The topological polar surface area (TPSA) is 67.7 Å². The van der Waals surface area contributed by atoms with E-state index in [1.54, 1.807) is 0 Å². The first-order valence-electron chi connectivity index (χ1n) is 8.48. The van der Waals surface area contributed by atoms with Crippen LogP contribution in [-0.2, 0) is 7.05 Å². The number of nitrogens with one attached hydrogen (secondary N) is 2. The molecule has 2 aromatic heterocycles. The lowest BCUT2D eigenvalue weighted by Crippen LogP contribution is -2.17. The molecule has 1 aliphatic carbocycles. The average Bonchev–Trinajstić information content (AvgIpc) is 3.21. The lowest BCUT2D eigenvalue weighted by atomic mass is 10.0. The summed E-state index contributed by atoms with van der Waals surface area (Å²) in [5.74, 6) is 3.42.